The van der Waals surface area contributed by atoms with Crippen molar-refractivity contribution in [1.82, 2.24) is 4.90 Å². The first-order valence-corrected chi connectivity index (χ1v) is 9.97. The van der Waals surface area contributed by atoms with Gasteiger partial charge in [0, 0.05) is 18.2 Å². The Balaban J connectivity index is 2.16. The molecule has 1 fully saturated rings. The van der Waals surface area contributed by atoms with Gasteiger partial charge in [-0.3, -0.25) is 4.79 Å². The zero-order valence-electron chi connectivity index (χ0n) is 14.1. The SMILES string of the molecule is CCCCN(C(=O)c1ccc(/C=N/OC)cc1)C1CCS(=O)(=O)C1. The van der Waals surface area contributed by atoms with Crippen LogP contribution in [0.3, 0.4) is 0 Å². The molecule has 0 bridgehead atoms. The maximum atomic E-state index is 12.8. The molecule has 24 heavy (non-hydrogen) atoms. The van der Waals surface area contributed by atoms with Gasteiger partial charge in [-0.1, -0.05) is 30.6 Å². The lowest BCUT2D eigenvalue weighted by Crippen LogP contribution is -2.41. The van der Waals surface area contributed by atoms with Gasteiger partial charge in [-0.15, -0.1) is 0 Å². The van der Waals surface area contributed by atoms with Gasteiger partial charge in [0.15, 0.2) is 9.84 Å². The number of nitrogens with zero attached hydrogens (tertiary/aromatic N) is 2. The van der Waals surface area contributed by atoms with Gasteiger partial charge in [0.2, 0.25) is 0 Å². The first-order chi connectivity index (χ1) is 11.5. The van der Waals surface area contributed by atoms with E-state index in [1.807, 2.05) is 0 Å². The van der Waals surface area contributed by atoms with Crippen LogP contribution >= 0.6 is 0 Å². The Kier molecular flexibility index (Phi) is 6.36. The van der Waals surface area contributed by atoms with Gasteiger partial charge in [0.1, 0.15) is 7.11 Å². The molecular formula is C17H24N2O4S. The van der Waals surface area contributed by atoms with Crippen molar-refractivity contribution in [2.45, 2.75) is 32.2 Å². The van der Waals surface area contributed by atoms with Gasteiger partial charge in [-0.2, -0.15) is 0 Å². The normalized spacial score (nSPS) is 19.5. The summed E-state index contributed by atoms with van der Waals surface area (Å²) in [6, 6.07) is 6.84. The molecule has 2 rings (SSSR count). The molecule has 1 aliphatic heterocycles. The summed E-state index contributed by atoms with van der Waals surface area (Å²) >= 11 is 0. The Hall–Kier alpha value is -1.89. The van der Waals surface area contributed by atoms with E-state index in [9.17, 15) is 13.2 Å². The molecule has 0 spiro atoms. The lowest BCUT2D eigenvalue weighted by Gasteiger charge is -2.28. The number of amides is 1. The van der Waals surface area contributed by atoms with Crippen molar-refractivity contribution in [3.8, 4) is 0 Å². The van der Waals surface area contributed by atoms with Crippen molar-refractivity contribution in [2.24, 2.45) is 5.16 Å². The molecule has 1 heterocycles. The van der Waals surface area contributed by atoms with Crippen LogP contribution in [0.25, 0.3) is 0 Å². The van der Waals surface area contributed by atoms with E-state index in [4.69, 9.17) is 0 Å². The third-order valence-corrected chi connectivity index (χ3v) is 5.88. The molecule has 1 aromatic rings. The Morgan fingerprint density at radius 3 is 2.62 bits per heavy atom. The maximum Gasteiger partial charge on any atom is 0.254 e. The first-order valence-electron chi connectivity index (χ1n) is 8.15. The molecule has 1 atom stereocenters. The molecule has 132 valence electrons. The van der Waals surface area contributed by atoms with E-state index in [0.717, 1.165) is 18.4 Å². The zero-order valence-corrected chi connectivity index (χ0v) is 15.0. The summed E-state index contributed by atoms with van der Waals surface area (Å²) < 4.78 is 23.5. The van der Waals surface area contributed by atoms with Crippen molar-refractivity contribution in [3.05, 3.63) is 35.4 Å². The summed E-state index contributed by atoms with van der Waals surface area (Å²) in [5.41, 5.74) is 1.39. The molecule has 0 saturated carbocycles. The summed E-state index contributed by atoms with van der Waals surface area (Å²) in [5, 5.41) is 3.68. The Bertz CT molecular complexity index is 683. The average molecular weight is 352 g/mol. The van der Waals surface area contributed by atoms with Crippen molar-refractivity contribution in [2.75, 3.05) is 25.2 Å². The molecule has 0 N–H and O–H groups in total. The minimum absolute atomic E-state index is 0.0705. The molecule has 0 aliphatic carbocycles. The Morgan fingerprint density at radius 2 is 2.08 bits per heavy atom. The van der Waals surface area contributed by atoms with Crippen LogP contribution in [0.4, 0.5) is 0 Å². The number of hydrogen-bond acceptors (Lipinski definition) is 5. The molecule has 6 nitrogen and oxygen atoms in total. The van der Waals surface area contributed by atoms with Crippen molar-refractivity contribution in [3.63, 3.8) is 0 Å². The molecule has 1 amide bonds. The monoisotopic (exact) mass is 352 g/mol. The smallest absolute Gasteiger partial charge is 0.254 e. The van der Waals surface area contributed by atoms with Gasteiger partial charge < -0.3 is 9.74 Å². The number of carbonyl (C=O) groups is 1. The molecular weight excluding hydrogens is 328 g/mol. The van der Waals surface area contributed by atoms with Gasteiger partial charge in [0.05, 0.1) is 17.7 Å². The fourth-order valence-corrected chi connectivity index (χ4v) is 4.52. The van der Waals surface area contributed by atoms with E-state index in [1.54, 1.807) is 35.4 Å². The number of rotatable bonds is 7. The highest BCUT2D eigenvalue weighted by molar-refractivity contribution is 7.91. The molecule has 1 aromatic carbocycles. The summed E-state index contributed by atoms with van der Waals surface area (Å²) in [6.45, 7) is 2.64. The first kappa shape index (κ1) is 18.4. The van der Waals surface area contributed by atoms with Crippen molar-refractivity contribution < 1.29 is 18.0 Å². The fraction of sp³-hybridized carbons (Fsp3) is 0.529. The van der Waals surface area contributed by atoms with Gasteiger partial charge in [0.25, 0.3) is 5.91 Å². The second-order valence-corrected chi connectivity index (χ2v) is 8.18. The van der Waals surface area contributed by atoms with Crippen molar-refractivity contribution in [1.29, 1.82) is 0 Å². The largest absolute Gasteiger partial charge is 0.399 e. The number of unbranched alkanes of at least 4 members (excludes halogenated alkanes) is 1. The second kappa shape index (κ2) is 8.28. The second-order valence-electron chi connectivity index (χ2n) is 5.95. The van der Waals surface area contributed by atoms with E-state index in [-0.39, 0.29) is 23.5 Å². The molecule has 1 unspecified atom stereocenters. The minimum atomic E-state index is -3.02. The number of benzene rings is 1. The number of carbonyl (C=O) groups excluding carboxylic acids is 1. The minimum Gasteiger partial charge on any atom is -0.399 e. The van der Waals surface area contributed by atoms with E-state index in [2.05, 4.69) is 16.9 Å². The van der Waals surface area contributed by atoms with Crippen LogP contribution < -0.4 is 0 Å². The van der Waals surface area contributed by atoms with Crippen LogP contribution in [-0.4, -0.2) is 56.6 Å². The Morgan fingerprint density at radius 1 is 1.38 bits per heavy atom. The number of oxime groups is 1. The zero-order chi connectivity index (χ0) is 17.6. The average Bonchev–Trinajstić information content (AvgIpc) is 2.93. The highest BCUT2D eigenvalue weighted by atomic mass is 32.2. The lowest BCUT2D eigenvalue weighted by atomic mass is 10.1. The van der Waals surface area contributed by atoms with Crippen LogP contribution in [0.1, 0.15) is 42.1 Å². The van der Waals surface area contributed by atoms with Crippen LogP contribution in [0.15, 0.2) is 29.4 Å². The van der Waals surface area contributed by atoms with Gasteiger partial charge in [-0.05, 0) is 30.5 Å². The fourth-order valence-electron chi connectivity index (χ4n) is 2.79. The van der Waals surface area contributed by atoms with Crippen molar-refractivity contribution >= 4 is 22.0 Å². The van der Waals surface area contributed by atoms with Crippen LogP contribution in [0, 0.1) is 0 Å². The van der Waals surface area contributed by atoms with Crippen LogP contribution in [0.2, 0.25) is 0 Å². The summed E-state index contributed by atoms with van der Waals surface area (Å²) in [4.78, 5) is 19.2. The Labute approximate surface area is 143 Å². The quantitative estimate of drug-likeness (QED) is 0.556. The van der Waals surface area contributed by atoms with E-state index in [0.29, 0.717) is 18.5 Å². The third-order valence-electron chi connectivity index (χ3n) is 4.13. The predicted molar refractivity (Wildman–Crippen MR) is 94.0 cm³/mol. The summed E-state index contributed by atoms with van der Waals surface area (Å²) in [7, 11) is -1.56. The van der Waals surface area contributed by atoms with E-state index in [1.165, 1.54) is 7.11 Å². The molecule has 1 saturated heterocycles. The standard InChI is InChI=1S/C17H24N2O4S/c1-3-4-10-19(16-9-11-24(21,22)13-16)17(20)15-7-5-14(6-8-15)12-18-23-2/h5-8,12,16H,3-4,9-11,13H2,1-2H3/b18-12+. The molecule has 1 aliphatic rings. The molecule has 7 heteroatoms. The van der Waals surface area contributed by atoms with Crippen LogP contribution in [0.5, 0.6) is 0 Å². The predicted octanol–water partition coefficient (Wildman–Crippen LogP) is 2.10. The lowest BCUT2D eigenvalue weighted by molar-refractivity contribution is 0.0694. The van der Waals surface area contributed by atoms with E-state index >= 15 is 0 Å². The van der Waals surface area contributed by atoms with Gasteiger partial charge >= 0.3 is 0 Å². The molecule has 0 aromatic heterocycles. The molecule has 0 radical (unpaired) electrons. The maximum absolute atomic E-state index is 12.8. The van der Waals surface area contributed by atoms with Gasteiger partial charge in [-0.25, -0.2) is 8.42 Å². The number of sulfone groups is 1. The number of hydrogen-bond donors (Lipinski definition) is 0. The van der Waals surface area contributed by atoms with E-state index < -0.39 is 9.84 Å². The highest BCUT2D eigenvalue weighted by Gasteiger charge is 2.34. The third kappa shape index (κ3) is 4.80. The van der Waals surface area contributed by atoms with Crippen LogP contribution in [-0.2, 0) is 14.7 Å². The summed E-state index contributed by atoms with van der Waals surface area (Å²) in [6.07, 6.45) is 3.90. The summed E-state index contributed by atoms with van der Waals surface area (Å²) in [5.74, 6) is 0.127. The topological polar surface area (TPSA) is 76.0 Å². The highest BCUT2D eigenvalue weighted by Crippen LogP contribution is 2.21.